The van der Waals surface area contributed by atoms with Gasteiger partial charge in [0.25, 0.3) is 11.6 Å². The fourth-order valence-corrected chi connectivity index (χ4v) is 3.52. The van der Waals surface area contributed by atoms with Gasteiger partial charge in [-0.1, -0.05) is 28.1 Å². The number of ether oxygens (including phenoxy) is 1. The van der Waals surface area contributed by atoms with Crippen LogP contribution in [0.1, 0.15) is 15.9 Å². The van der Waals surface area contributed by atoms with Crippen LogP contribution in [-0.2, 0) is 0 Å². The van der Waals surface area contributed by atoms with Crippen molar-refractivity contribution in [1.82, 2.24) is 9.80 Å². The molecule has 8 heteroatoms. The van der Waals surface area contributed by atoms with Crippen LogP contribution in [0.3, 0.4) is 0 Å². The van der Waals surface area contributed by atoms with Gasteiger partial charge in [-0.25, -0.2) is 0 Å². The molecule has 0 aromatic heterocycles. The summed E-state index contributed by atoms with van der Waals surface area (Å²) < 4.78 is 6.74. The van der Waals surface area contributed by atoms with Gasteiger partial charge in [-0.3, -0.25) is 19.8 Å². The molecular formula is C20H22BrN3O4. The molecule has 1 aliphatic heterocycles. The Bertz CT molecular complexity index is 866. The third-order valence-corrected chi connectivity index (χ3v) is 5.28. The maximum Gasteiger partial charge on any atom is 0.273 e. The number of aryl methyl sites for hydroxylation is 1. The molecule has 2 aromatic carbocycles. The average molecular weight is 448 g/mol. The summed E-state index contributed by atoms with van der Waals surface area (Å²) >= 11 is 3.42. The number of nitrogens with zero attached hydrogens (tertiary/aromatic N) is 3. The SMILES string of the molecule is Cc1ccc(C(=O)N2CCN(CCOc3cccc(Br)c3)CC2)cc1[N+](=O)[O-]. The lowest BCUT2D eigenvalue weighted by atomic mass is 10.1. The number of carbonyl (C=O) groups excluding carboxylic acids is 1. The molecular weight excluding hydrogens is 426 g/mol. The highest BCUT2D eigenvalue weighted by molar-refractivity contribution is 9.10. The number of amides is 1. The molecule has 0 spiro atoms. The van der Waals surface area contributed by atoms with Gasteiger partial charge in [0.2, 0.25) is 0 Å². The highest BCUT2D eigenvalue weighted by Gasteiger charge is 2.23. The zero-order valence-corrected chi connectivity index (χ0v) is 17.2. The molecule has 1 aliphatic rings. The molecule has 1 saturated heterocycles. The van der Waals surface area contributed by atoms with Gasteiger partial charge in [0.15, 0.2) is 0 Å². The summed E-state index contributed by atoms with van der Waals surface area (Å²) in [4.78, 5) is 27.3. The molecule has 2 aromatic rings. The molecule has 0 radical (unpaired) electrons. The molecule has 148 valence electrons. The van der Waals surface area contributed by atoms with Crippen molar-refractivity contribution in [3.8, 4) is 5.75 Å². The molecule has 0 aliphatic carbocycles. The van der Waals surface area contributed by atoms with E-state index in [9.17, 15) is 14.9 Å². The second-order valence-electron chi connectivity index (χ2n) is 6.70. The van der Waals surface area contributed by atoms with E-state index in [0.29, 0.717) is 30.8 Å². The van der Waals surface area contributed by atoms with Crippen LogP contribution in [0.25, 0.3) is 0 Å². The van der Waals surface area contributed by atoms with Gasteiger partial charge in [0.1, 0.15) is 12.4 Å². The zero-order chi connectivity index (χ0) is 20.1. The second kappa shape index (κ2) is 9.16. The normalized spacial score (nSPS) is 14.7. The summed E-state index contributed by atoms with van der Waals surface area (Å²) in [5, 5.41) is 11.1. The smallest absolute Gasteiger partial charge is 0.273 e. The van der Waals surface area contributed by atoms with Crippen LogP contribution in [0.4, 0.5) is 5.69 Å². The Balaban J connectivity index is 1.49. The predicted molar refractivity (Wildman–Crippen MR) is 110 cm³/mol. The topological polar surface area (TPSA) is 75.9 Å². The largest absolute Gasteiger partial charge is 0.492 e. The van der Waals surface area contributed by atoms with Crippen molar-refractivity contribution in [2.75, 3.05) is 39.3 Å². The minimum atomic E-state index is -0.449. The monoisotopic (exact) mass is 447 g/mol. The fraction of sp³-hybridized carbons (Fsp3) is 0.350. The van der Waals surface area contributed by atoms with Crippen LogP contribution in [0.2, 0.25) is 0 Å². The molecule has 3 rings (SSSR count). The van der Waals surface area contributed by atoms with E-state index in [1.54, 1.807) is 24.0 Å². The predicted octanol–water partition coefficient (Wildman–Crippen LogP) is 3.50. The van der Waals surface area contributed by atoms with Gasteiger partial charge >= 0.3 is 0 Å². The summed E-state index contributed by atoms with van der Waals surface area (Å²) in [6.07, 6.45) is 0. The number of rotatable bonds is 6. The van der Waals surface area contributed by atoms with E-state index in [2.05, 4.69) is 20.8 Å². The summed E-state index contributed by atoms with van der Waals surface area (Å²) in [6.45, 7) is 5.72. The van der Waals surface area contributed by atoms with Crippen LogP contribution in [0.5, 0.6) is 5.75 Å². The molecule has 0 unspecified atom stereocenters. The van der Waals surface area contributed by atoms with Gasteiger partial charge in [-0.15, -0.1) is 0 Å². The van der Waals surface area contributed by atoms with E-state index in [-0.39, 0.29) is 11.6 Å². The Morgan fingerprint density at radius 1 is 1.18 bits per heavy atom. The fourth-order valence-electron chi connectivity index (χ4n) is 3.15. The molecule has 1 heterocycles. The Morgan fingerprint density at radius 3 is 2.61 bits per heavy atom. The van der Waals surface area contributed by atoms with Crippen LogP contribution >= 0.6 is 15.9 Å². The van der Waals surface area contributed by atoms with Crippen LogP contribution < -0.4 is 4.74 Å². The number of halogens is 1. The number of nitro benzene ring substituents is 1. The van der Waals surface area contributed by atoms with Crippen molar-refractivity contribution in [3.05, 3.63) is 68.2 Å². The number of carbonyl (C=O) groups is 1. The van der Waals surface area contributed by atoms with Crippen molar-refractivity contribution in [1.29, 1.82) is 0 Å². The van der Waals surface area contributed by atoms with E-state index in [1.165, 1.54) is 6.07 Å². The standard InChI is InChI=1S/C20H22BrN3O4/c1-15-5-6-16(13-19(15)24(26)27)20(25)23-9-7-22(8-10-23)11-12-28-18-4-2-3-17(21)14-18/h2-6,13-14H,7-12H2,1H3. The lowest BCUT2D eigenvalue weighted by Crippen LogP contribution is -2.49. The van der Waals surface area contributed by atoms with E-state index < -0.39 is 4.92 Å². The number of hydrogen-bond acceptors (Lipinski definition) is 5. The number of piperazine rings is 1. The number of nitro groups is 1. The highest BCUT2D eigenvalue weighted by atomic mass is 79.9. The molecule has 0 saturated carbocycles. The minimum Gasteiger partial charge on any atom is -0.492 e. The summed E-state index contributed by atoms with van der Waals surface area (Å²) in [5.74, 6) is 0.664. The van der Waals surface area contributed by atoms with Gasteiger partial charge in [0, 0.05) is 54.4 Å². The van der Waals surface area contributed by atoms with Gasteiger partial charge in [-0.2, -0.15) is 0 Å². The first-order valence-electron chi connectivity index (χ1n) is 9.09. The van der Waals surface area contributed by atoms with Crippen molar-refractivity contribution in [2.45, 2.75) is 6.92 Å². The number of benzene rings is 2. The molecule has 28 heavy (non-hydrogen) atoms. The molecule has 1 fully saturated rings. The third kappa shape index (κ3) is 5.08. The molecule has 7 nitrogen and oxygen atoms in total. The maximum absolute atomic E-state index is 12.7. The maximum atomic E-state index is 12.7. The Labute approximate surface area is 172 Å². The number of hydrogen-bond donors (Lipinski definition) is 0. The first-order chi connectivity index (χ1) is 13.4. The first kappa shape index (κ1) is 20.3. The third-order valence-electron chi connectivity index (χ3n) is 4.78. The van der Waals surface area contributed by atoms with E-state index in [4.69, 9.17) is 4.74 Å². The Kier molecular flexibility index (Phi) is 6.64. The van der Waals surface area contributed by atoms with Gasteiger partial charge < -0.3 is 9.64 Å². The van der Waals surface area contributed by atoms with Gasteiger partial charge in [-0.05, 0) is 31.2 Å². The highest BCUT2D eigenvalue weighted by Crippen LogP contribution is 2.21. The Morgan fingerprint density at radius 2 is 1.93 bits per heavy atom. The quantitative estimate of drug-likeness (QED) is 0.500. The minimum absolute atomic E-state index is 0.0193. The van der Waals surface area contributed by atoms with Crippen molar-refractivity contribution in [2.24, 2.45) is 0 Å². The van der Waals surface area contributed by atoms with E-state index >= 15 is 0 Å². The molecule has 1 amide bonds. The molecule has 0 bridgehead atoms. The average Bonchev–Trinajstić information content (AvgIpc) is 2.68. The van der Waals surface area contributed by atoms with Crippen molar-refractivity contribution >= 4 is 27.5 Å². The van der Waals surface area contributed by atoms with E-state index in [1.807, 2.05) is 24.3 Å². The lowest BCUT2D eigenvalue weighted by molar-refractivity contribution is -0.385. The summed E-state index contributed by atoms with van der Waals surface area (Å²) in [5.41, 5.74) is 0.898. The van der Waals surface area contributed by atoms with Crippen molar-refractivity contribution in [3.63, 3.8) is 0 Å². The van der Waals surface area contributed by atoms with Crippen molar-refractivity contribution < 1.29 is 14.5 Å². The molecule has 0 N–H and O–H groups in total. The van der Waals surface area contributed by atoms with E-state index in [0.717, 1.165) is 29.9 Å². The second-order valence-corrected chi connectivity index (χ2v) is 7.61. The summed E-state index contributed by atoms with van der Waals surface area (Å²) in [6, 6.07) is 12.4. The van der Waals surface area contributed by atoms with Crippen LogP contribution in [0, 0.1) is 17.0 Å². The van der Waals surface area contributed by atoms with Crippen LogP contribution in [0.15, 0.2) is 46.9 Å². The summed E-state index contributed by atoms with van der Waals surface area (Å²) in [7, 11) is 0. The van der Waals surface area contributed by atoms with Crippen LogP contribution in [-0.4, -0.2) is 60.0 Å². The molecule has 0 atom stereocenters. The zero-order valence-electron chi connectivity index (χ0n) is 15.6. The first-order valence-corrected chi connectivity index (χ1v) is 9.88. The Hall–Kier alpha value is -2.45. The van der Waals surface area contributed by atoms with Gasteiger partial charge in [0.05, 0.1) is 4.92 Å². The lowest BCUT2D eigenvalue weighted by Gasteiger charge is -2.34.